The maximum Gasteiger partial charge on any atom is 0.220 e. The molecule has 0 bridgehead atoms. The molecule has 0 rings (SSSR count). The quantitative estimate of drug-likeness (QED) is 0.0539. The summed E-state index contributed by atoms with van der Waals surface area (Å²) in [5.41, 5.74) is 0. The number of unbranched alkanes of at least 4 members (excludes halogenated alkanes) is 14. The van der Waals surface area contributed by atoms with Crippen LogP contribution in [0.15, 0.2) is 72.9 Å². The van der Waals surface area contributed by atoms with E-state index in [4.69, 9.17) is 0 Å². The van der Waals surface area contributed by atoms with Crippen LogP contribution in [0.3, 0.4) is 0 Å². The van der Waals surface area contributed by atoms with Crippen molar-refractivity contribution in [2.75, 3.05) is 6.61 Å². The van der Waals surface area contributed by atoms with Gasteiger partial charge in [-0.15, -0.1) is 0 Å². The minimum absolute atomic E-state index is 0.0968. The number of rotatable bonds is 31. The molecule has 0 aliphatic heterocycles. The minimum atomic E-state index is -0.876. The van der Waals surface area contributed by atoms with Crippen LogP contribution in [0, 0.1) is 0 Å². The highest BCUT2D eigenvalue weighted by Crippen LogP contribution is 2.10. The number of aliphatic hydroxyl groups excluding tert-OH is 2. The topological polar surface area (TPSA) is 69.6 Å². The van der Waals surface area contributed by atoms with Crippen molar-refractivity contribution in [3.63, 3.8) is 0 Å². The van der Waals surface area contributed by atoms with Crippen molar-refractivity contribution in [3.05, 3.63) is 72.9 Å². The summed E-state index contributed by atoms with van der Waals surface area (Å²) in [5, 5.41) is 22.8. The molecule has 0 saturated carbocycles. The average Bonchev–Trinajstić information content (AvgIpc) is 3.03. The molecular formula is C40H69NO3. The fourth-order valence-corrected chi connectivity index (χ4v) is 4.81. The van der Waals surface area contributed by atoms with E-state index in [9.17, 15) is 15.0 Å². The number of amides is 1. The maximum atomic E-state index is 12.3. The minimum Gasteiger partial charge on any atom is -0.394 e. The molecule has 0 saturated heterocycles. The van der Waals surface area contributed by atoms with Gasteiger partial charge in [-0.3, -0.25) is 4.79 Å². The van der Waals surface area contributed by atoms with Gasteiger partial charge in [0.15, 0.2) is 0 Å². The van der Waals surface area contributed by atoms with Crippen molar-refractivity contribution in [2.45, 2.75) is 167 Å². The smallest absolute Gasteiger partial charge is 0.220 e. The average molecular weight is 612 g/mol. The van der Waals surface area contributed by atoms with E-state index in [1.807, 2.05) is 6.08 Å². The van der Waals surface area contributed by atoms with Gasteiger partial charge >= 0.3 is 0 Å². The second-order valence-electron chi connectivity index (χ2n) is 11.9. The van der Waals surface area contributed by atoms with Gasteiger partial charge in [-0.2, -0.15) is 0 Å². The molecule has 0 fully saturated rings. The van der Waals surface area contributed by atoms with E-state index in [-0.39, 0.29) is 12.5 Å². The molecule has 3 N–H and O–H groups in total. The van der Waals surface area contributed by atoms with Gasteiger partial charge in [0.1, 0.15) is 0 Å². The van der Waals surface area contributed by atoms with Crippen molar-refractivity contribution in [1.29, 1.82) is 0 Å². The van der Waals surface area contributed by atoms with Crippen LogP contribution in [0.5, 0.6) is 0 Å². The Bertz CT molecular complexity index is 792. The third-order valence-corrected chi connectivity index (χ3v) is 7.62. The van der Waals surface area contributed by atoms with Gasteiger partial charge in [0, 0.05) is 6.42 Å². The highest BCUT2D eigenvalue weighted by molar-refractivity contribution is 5.76. The third-order valence-electron chi connectivity index (χ3n) is 7.62. The Morgan fingerprint density at radius 1 is 0.545 bits per heavy atom. The summed E-state index contributed by atoms with van der Waals surface area (Å²) < 4.78 is 0. The van der Waals surface area contributed by atoms with Crippen molar-refractivity contribution in [3.8, 4) is 0 Å². The Morgan fingerprint density at radius 2 is 1.00 bits per heavy atom. The standard InChI is InChI=1S/C40H69NO3/c1-3-5-7-9-11-13-15-16-17-18-19-20-21-22-23-24-26-28-30-32-34-36-40(44)41-38(37-42)39(43)35-33-31-29-27-25-14-12-10-8-6-4-2/h8,10,15-16,18-19,21-22,25,27,33,35,38-39,42-43H,3-7,9,11-14,17,20,23-24,26,28-32,34,36-37H2,1-2H3,(H,41,44)/b10-8+,16-15-,19-18-,22-21-,27-25+,35-33+. The molecule has 1 amide bonds. The third kappa shape index (κ3) is 31.3. The van der Waals surface area contributed by atoms with Crippen LogP contribution in [0.25, 0.3) is 0 Å². The second kappa shape index (κ2) is 35.3. The van der Waals surface area contributed by atoms with Gasteiger partial charge in [-0.1, -0.05) is 145 Å². The molecule has 252 valence electrons. The Balaban J connectivity index is 3.72. The van der Waals surface area contributed by atoms with Gasteiger partial charge in [0.05, 0.1) is 18.8 Å². The molecule has 2 atom stereocenters. The molecule has 0 aliphatic rings. The first-order valence-electron chi connectivity index (χ1n) is 18.2. The SMILES string of the molecule is CCC/C=C/CC/C=C/CC/C=C/C(O)C(CO)NC(=O)CCCCCCCC/C=C\C/C=C\C/C=C\CCCCCCC. The normalized spacial score (nSPS) is 14.0. The van der Waals surface area contributed by atoms with E-state index in [2.05, 4.69) is 79.9 Å². The summed E-state index contributed by atoms with van der Waals surface area (Å²) in [6.45, 7) is 4.17. The van der Waals surface area contributed by atoms with Crippen LogP contribution in [0.4, 0.5) is 0 Å². The number of carbonyl (C=O) groups excluding carboxylic acids is 1. The van der Waals surface area contributed by atoms with Gasteiger partial charge in [0.2, 0.25) is 5.91 Å². The number of allylic oxidation sites excluding steroid dienone is 11. The summed E-state index contributed by atoms with van der Waals surface area (Å²) >= 11 is 0. The van der Waals surface area contributed by atoms with Crippen molar-refractivity contribution >= 4 is 5.91 Å². The molecule has 44 heavy (non-hydrogen) atoms. The second-order valence-corrected chi connectivity index (χ2v) is 11.9. The first-order valence-corrected chi connectivity index (χ1v) is 18.2. The van der Waals surface area contributed by atoms with Crippen molar-refractivity contribution in [2.24, 2.45) is 0 Å². The van der Waals surface area contributed by atoms with Crippen LogP contribution in [-0.2, 0) is 4.79 Å². The summed E-state index contributed by atoms with van der Waals surface area (Å²) in [7, 11) is 0. The Kier molecular flexibility index (Phi) is 33.6. The largest absolute Gasteiger partial charge is 0.394 e. The molecular weight excluding hydrogens is 542 g/mol. The molecule has 0 spiro atoms. The number of aliphatic hydroxyl groups is 2. The highest BCUT2D eigenvalue weighted by Gasteiger charge is 2.17. The molecule has 0 aromatic carbocycles. The first kappa shape index (κ1) is 41.8. The summed E-state index contributed by atoms with van der Waals surface area (Å²) in [6.07, 6.45) is 49.8. The lowest BCUT2D eigenvalue weighted by atomic mass is 10.1. The van der Waals surface area contributed by atoms with Gasteiger partial charge < -0.3 is 15.5 Å². The lowest BCUT2D eigenvalue weighted by molar-refractivity contribution is -0.123. The summed E-state index contributed by atoms with van der Waals surface area (Å²) in [5.74, 6) is -0.0968. The molecule has 4 heteroatoms. The predicted octanol–water partition coefficient (Wildman–Crippen LogP) is 10.8. The number of hydrogen-bond acceptors (Lipinski definition) is 3. The van der Waals surface area contributed by atoms with Gasteiger partial charge in [-0.05, 0) is 77.0 Å². The van der Waals surface area contributed by atoms with Gasteiger partial charge in [-0.25, -0.2) is 0 Å². The number of nitrogens with one attached hydrogen (secondary N) is 1. The van der Waals surface area contributed by atoms with Crippen LogP contribution in [0.1, 0.15) is 155 Å². The summed E-state index contributed by atoms with van der Waals surface area (Å²) in [4.78, 5) is 12.3. The Labute approximate surface area is 272 Å². The van der Waals surface area contributed by atoms with Crippen molar-refractivity contribution in [1.82, 2.24) is 5.32 Å². The molecule has 0 aromatic rings. The molecule has 0 aliphatic carbocycles. The van der Waals surface area contributed by atoms with E-state index >= 15 is 0 Å². The Hall–Kier alpha value is -2.17. The maximum absolute atomic E-state index is 12.3. The van der Waals surface area contributed by atoms with E-state index in [0.717, 1.165) is 70.6 Å². The Morgan fingerprint density at radius 3 is 1.55 bits per heavy atom. The van der Waals surface area contributed by atoms with Gasteiger partial charge in [0.25, 0.3) is 0 Å². The van der Waals surface area contributed by atoms with E-state index in [1.165, 1.54) is 64.2 Å². The fraction of sp³-hybridized carbons (Fsp3) is 0.675. The lowest BCUT2D eigenvalue weighted by Gasteiger charge is -2.19. The monoisotopic (exact) mass is 612 g/mol. The molecule has 0 heterocycles. The summed E-state index contributed by atoms with van der Waals surface area (Å²) in [6, 6.07) is -0.653. The fourth-order valence-electron chi connectivity index (χ4n) is 4.81. The zero-order valence-electron chi connectivity index (χ0n) is 28.6. The highest BCUT2D eigenvalue weighted by atomic mass is 16.3. The zero-order chi connectivity index (χ0) is 32.2. The molecule has 2 unspecified atom stereocenters. The van der Waals surface area contributed by atoms with Crippen LogP contribution < -0.4 is 5.32 Å². The molecule has 0 aromatic heterocycles. The first-order chi connectivity index (χ1) is 21.7. The molecule has 0 radical (unpaired) electrons. The van der Waals surface area contributed by atoms with Crippen LogP contribution >= 0.6 is 0 Å². The van der Waals surface area contributed by atoms with E-state index in [0.29, 0.717) is 6.42 Å². The lowest BCUT2D eigenvalue weighted by Crippen LogP contribution is -2.45. The van der Waals surface area contributed by atoms with Crippen molar-refractivity contribution < 1.29 is 15.0 Å². The van der Waals surface area contributed by atoms with E-state index in [1.54, 1.807) is 6.08 Å². The van der Waals surface area contributed by atoms with Crippen LogP contribution in [0.2, 0.25) is 0 Å². The predicted molar refractivity (Wildman–Crippen MR) is 193 cm³/mol. The van der Waals surface area contributed by atoms with E-state index < -0.39 is 12.1 Å². The molecule has 4 nitrogen and oxygen atoms in total. The zero-order valence-corrected chi connectivity index (χ0v) is 28.6. The number of hydrogen-bond donors (Lipinski definition) is 3. The number of carbonyl (C=O) groups is 1. The van der Waals surface area contributed by atoms with Crippen LogP contribution in [-0.4, -0.2) is 34.9 Å².